The van der Waals surface area contributed by atoms with Crippen LogP contribution in [0.25, 0.3) is 6.08 Å². The number of allylic oxidation sites excluding steroid dienone is 1. The Bertz CT molecular complexity index is 1760. The minimum absolute atomic E-state index is 0.152. The number of amides is 1. The second kappa shape index (κ2) is 13.9. The zero-order valence-corrected chi connectivity index (χ0v) is 26.8. The molecule has 0 saturated heterocycles. The van der Waals surface area contributed by atoms with E-state index in [0.717, 1.165) is 0 Å². The lowest BCUT2D eigenvalue weighted by Gasteiger charge is -2.26. The van der Waals surface area contributed by atoms with Gasteiger partial charge in [-0.15, -0.1) is 0 Å². The predicted octanol–water partition coefficient (Wildman–Crippen LogP) is 3.23. The molecular formula is C30H32BrN3O8S. The van der Waals surface area contributed by atoms with Crippen LogP contribution < -0.4 is 39.6 Å². The van der Waals surface area contributed by atoms with Crippen molar-refractivity contribution in [3.05, 3.63) is 76.9 Å². The summed E-state index contributed by atoms with van der Waals surface area (Å²) >= 11 is 4.65. The van der Waals surface area contributed by atoms with Gasteiger partial charge >= 0.3 is 5.97 Å². The first kappa shape index (κ1) is 31.8. The van der Waals surface area contributed by atoms with E-state index in [1.165, 1.54) is 23.0 Å². The third-order valence-corrected chi connectivity index (χ3v) is 7.89. The molecule has 3 aromatic rings. The molecule has 2 heterocycles. The SMILES string of the molecule is CCOC(=O)C1=C(C)N=c2s/c(=C/c3cc(Br)c(OCC(N)=O)c(OCC)c3)c(=O)n2[C@H]1c1cccc(OC)c1OCC. The van der Waals surface area contributed by atoms with Crippen LogP contribution >= 0.6 is 27.3 Å². The van der Waals surface area contributed by atoms with Crippen molar-refractivity contribution in [1.82, 2.24) is 4.57 Å². The average molecular weight is 675 g/mol. The molecular weight excluding hydrogens is 642 g/mol. The van der Waals surface area contributed by atoms with E-state index < -0.39 is 17.9 Å². The van der Waals surface area contributed by atoms with Crippen molar-refractivity contribution in [2.45, 2.75) is 33.7 Å². The van der Waals surface area contributed by atoms with Gasteiger partial charge in [0.2, 0.25) is 0 Å². The number of ether oxygens (including phenoxy) is 5. The van der Waals surface area contributed by atoms with Crippen LogP contribution in [-0.2, 0) is 14.3 Å². The molecule has 0 saturated carbocycles. The molecule has 1 aromatic heterocycles. The number of primary amides is 1. The molecule has 0 bridgehead atoms. The van der Waals surface area contributed by atoms with Crippen LogP contribution in [0.4, 0.5) is 0 Å². The fourth-order valence-corrected chi connectivity index (χ4v) is 6.28. The third-order valence-electron chi connectivity index (χ3n) is 6.32. The van der Waals surface area contributed by atoms with Gasteiger partial charge in [-0.3, -0.25) is 14.2 Å². The Hall–Kier alpha value is -4.10. The van der Waals surface area contributed by atoms with Gasteiger partial charge < -0.3 is 29.4 Å². The van der Waals surface area contributed by atoms with E-state index in [4.69, 9.17) is 29.4 Å². The smallest absolute Gasteiger partial charge is 0.338 e. The summed E-state index contributed by atoms with van der Waals surface area (Å²) in [5.74, 6) is 0.357. The average Bonchev–Trinajstić information content (AvgIpc) is 3.26. The lowest BCUT2D eigenvalue weighted by atomic mass is 9.94. The highest BCUT2D eigenvalue weighted by atomic mass is 79.9. The van der Waals surface area contributed by atoms with Crippen LogP contribution in [0.3, 0.4) is 0 Å². The van der Waals surface area contributed by atoms with Crippen LogP contribution in [0.1, 0.15) is 44.9 Å². The van der Waals surface area contributed by atoms with Gasteiger partial charge in [-0.2, -0.15) is 0 Å². The Morgan fingerprint density at radius 2 is 1.81 bits per heavy atom. The van der Waals surface area contributed by atoms with E-state index in [0.29, 0.717) is 66.8 Å². The van der Waals surface area contributed by atoms with Crippen molar-refractivity contribution in [3.63, 3.8) is 0 Å². The molecule has 1 aliphatic heterocycles. The number of aromatic nitrogens is 1. The van der Waals surface area contributed by atoms with Gasteiger partial charge in [-0.1, -0.05) is 23.5 Å². The second-order valence-electron chi connectivity index (χ2n) is 9.13. The van der Waals surface area contributed by atoms with Gasteiger partial charge in [0.05, 0.1) is 47.2 Å². The zero-order chi connectivity index (χ0) is 31.3. The molecule has 13 heteroatoms. The number of hydrogen-bond donors (Lipinski definition) is 1. The van der Waals surface area contributed by atoms with Crippen molar-refractivity contribution >= 4 is 45.2 Å². The third kappa shape index (κ3) is 6.62. The number of hydrogen-bond acceptors (Lipinski definition) is 10. The van der Waals surface area contributed by atoms with Gasteiger partial charge in [0, 0.05) is 5.56 Å². The standard InChI is InChI=1S/C30H32BrN3O8S/c1-6-39-21-13-17(12-19(31)27(21)42-15-23(32)35)14-22-28(36)34-25(18-10-9-11-20(38-5)26(18)40-7-2)24(29(37)41-8-3)16(4)33-30(34)43-22/h9-14,25H,6-8,15H2,1-5H3,(H2,32,35)/b22-14+/t25-/m0/s1. The number of benzene rings is 2. The number of rotatable bonds is 12. The Morgan fingerprint density at radius 1 is 1.07 bits per heavy atom. The molecule has 0 fully saturated rings. The minimum atomic E-state index is -0.885. The molecule has 0 radical (unpaired) electrons. The summed E-state index contributed by atoms with van der Waals surface area (Å²) in [7, 11) is 1.53. The van der Waals surface area contributed by atoms with Crippen molar-refractivity contribution in [3.8, 4) is 23.0 Å². The van der Waals surface area contributed by atoms with Crippen molar-refractivity contribution in [2.24, 2.45) is 10.7 Å². The molecule has 1 amide bonds. The highest BCUT2D eigenvalue weighted by Crippen LogP contribution is 2.41. The summed E-state index contributed by atoms with van der Waals surface area (Å²) < 4.78 is 30.6. The first-order chi connectivity index (χ1) is 20.6. The number of carbonyl (C=O) groups is 2. The summed E-state index contributed by atoms with van der Waals surface area (Å²) in [6, 6.07) is 7.88. The highest BCUT2D eigenvalue weighted by molar-refractivity contribution is 9.10. The summed E-state index contributed by atoms with van der Waals surface area (Å²) in [5, 5.41) is 0. The summed E-state index contributed by atoms with van der Waals surface area (Å²) in [4.78, 5) is 43.7. The van der Waals surface area contributed by atoms with Crippen LogP contribution in [0.5, 0.6) is 23.0 Å². The van der Waals surface area contributed by atoms with E-state index in [1.807, 2.05) is 13.8 Å². The van der Waals surface area contributed by atoms with Gasteiger partial charge in [0.15, 0.2) is 34.4 Å². The second-order valence-corrected chi connectivity index (χ2v) is 11.0. The van der Waals surface area contributed by atoms with E-state index in [9.17, 15) is 14.4 Å². The Morgan fingerprint density at radius 3 is 2.47 bits per heavy atom. The van der Waals surface area contributed by atoms with E-state index >= 15 is 0 Å². The zero-order valence-electron chi connectivity index (χ0n) is 24.4. The lowest BCUT2D eigenvalue weighted by Crippen LogP contribution is -2.40. The summed E-state index contributed by atoms with van der Waals surface area (Å²) in [6.07, 6.45) is 1.70. The van der Waals surface area contributed by atoms with E-state index in [-0.39, 0.29) is 24.3 Å². The minimum Gasteiger partial charge on any atom is -0.493 e. The van der Waals surface area contributed by atoms with Gasteiger partial charge in [-0.05, 0) is 73.5 Å². The van der Waals surface area contributed by atoms with Gasteiger partial charge in [-0.25, -0.2) is 9.79 Å². The normalized spacial score (nSPS) is 14.6. The van der Waals surface area contributed by atoms with Crippen LogP contribution in [0.2, 0.25) is 0 Å². The van der Waals surface area contributed by atoms with Gasteiger partial charge in [0.25, 0.3) is 11.5 Å². The topological polar surface area (TPSA) is 141 Å². The molecule has 4 rings (SSSR count). The molecule has 43 heavy (non-hydrogen) atoms. The van der Waals surface area contributed by atoms with Crippen molar-refractivity contribution in [2.75, 3.05) is 33.5 Å². The van der Waals surface area contributed by atoms with Gasteiger partial charge in [0.1, 0.15) is 6.04 Å². The number of fused-ring (bicyclic) bond motifs is 1. The molecule has 11 nitrogen and oxygen atoms in total. The summed E-state index contributed by atoms with van der Waals surface area (Å²) in [6.45, 7) is 7.59. The van der Waals surface area contributed by atoms with E-state index in [1.54, 1.807) is 50.3 Å². The predicted molar refractivity (Wildman–Crippen MR) is 165 cm³/mol. The number of nitrogens with two attached hydrogens (primary N) is 1. The van der Waals surface area contributed by atoms with Crippen LogP contribution in [0.15, 0.2) is 55.9 Å². The molecule has 2 aromatic carbocycles. The maximum Gasteiger partial charge on any atom is 0.338 e. The molecule has 2 N–H and O–H groups in total. The number of para-hydroxylation sites is 1. The first-order valence-electron chi connectivity index (χ1n) is 13.5. The quantitative estimate of drug-likeness (QED) is 0.289. The number of methoxy groups -OCH3 is 1. The number of carbonyl (C=O) groups excluding carboxylic acids is 2. The Balaban J connectivity index is 1.95. The van der Waals surface area contributed by atoms with Crippen molar-refractivity contribution < 1.29 is 33.3 Å². The summed E-state index contributed by atoms with van der Waals surface area (Å²) in [5.41, 5.74) is 6.72. The maximum absolute atomic E-state index is 14.1. The molecule has 1 atom stereocenters. The largest absolute Gasteiger partial charge is 0.493 e. The Labute approximate surface area is 260 Å². The van der Waals surface area contributed by atoms with Crippen LogP contribution in [-0.4, -0.2) is 50.0 Å². The lowest BCUT2D eigenvalue weighted by molar-refractivity contribution is -0.139. The van der Waals surface area contributed by atoms with Crippen LogP contribution in [0, 0.1) is 0 Å². The van der Waals surface area contributed by atoms with Crippen molar-refractivity contribution in [1.29, 1.82) is 0 Å². The molecule has 0 spiro atoms. The Kier molecular flexibility index (Phi) is 10.3. The first-order valence-corrected chi connectivity index (χ1v) is 15.1. The highest BCUT2D eigenvalue weighted by Gasteiger charge is 2.36. The molecule has 0 unspecified atom stereocenters. The number of thiazole rings is 1. The monoisotopic (exact) mass is 673 g/mol. The number of esters is 1. The molecule has 228 valence electrons. The number of nitrogens with zero attached hydrogens (tertiary/aromatic N) is 2. The number of halogens is 1. The molecule has 1 aliphatic rings. The fourth-order valence-electron chi connectivity index (χ4n) is 4.66. The molecule has 0 aliphatic carbocycles. The fraction of sp³-hybridized carbons (Fsp3) is 0.333. The van der Waals surface area contributed by atoms with E-state index in [2.05, 4.69) is 20.9 Å². The maximum atomic E-state index is 14.1.